The van der Waals surface area contributed by atoms with E-state index in [-0.39, 0.29) is 11.5 Å². The molecule has 2 aromatic heterocycles. The highest BCUT2D eigenvalue weighted by Crippen LogP contribution is 2.24. The molecule has 6 nitrogen and oxygen atoms in total. The van der Waals surface area contributed by atoms with Crippen LogP contribution in [0.3, 0.4) is 0 Å². The number of hydrogen-bond donors (Lipinski definition) is 1. The number of nitrogens with zero attached hydrogens (tertiary/aromatic N) is 1. The predicted octanol–water partition coefficient (Wildman–Crippen LogP) is 5.10. The zero-order chi connectivity index (χ0) is 23.7. The summed E-state index contributed by atoms with van der Waals surface area (Å²) in [5, 5.41) is 3.97. The maximum absolute atomic E-state index is 12.3. The maximum atomic E-state index is 12.3. The van der Waals surface area contributed by atoms with Crippen molar-refractivity contribution in [3.63, 3.8) is 0 Å². The molecule has 6 heteroatoms. The number of benzene rings is 2. The van der Waals surface area contributed by atoms with Crippen molar-refractivity contribution in [3.8, 4) is 0 Å². The molecule has 1 fully saturated rings. The van der Waals surface area contributed by atoms with E-state index in [1.165, 1.54) is 0 Å². The summed E-state index contributed by atoms with van der Waals surface area (Å²) in [4.78, 5) is 26.8. The zero-order valence-corrected chi connectivity index (χ0v) is 19.5. The fraction of sp³-hybridized carbons (Fsp3) is 0.286. The van der Waals surface area contributed by atoms with Crippen LogP contribution in [-0.2, 0) is 19.6 Å². The van der Waals surface area contributed by atoms with Gasteiger partial charge in [0.1, 0.15) is 11.3 Å². The predicted molar refractivity (Wildman–Crippen MR) is 131 cm³/mol. The maximum Gasteiger partial charge on any atom is 0.336 e. The van der Waals surface area contributed by atoms with Crippen molar-refractivity contribution in [2.45, 2.75) is 52.4 Å². The monoisotopic (exact) mass is 456 g/mol. The largest absolute Gasteiger partial charge is 0.468 e. The summed E-state index contributed by atoms with van der Waals surface area (Å²) in [7, 11) is 0. The van der Waals surface area contributed by atoms with Gasteiger partial charge in [-0.25, -0.2) is 4.79 Å². The Labute approximate surface area is 198 Å². The Morgan fingerprint density at radius 1 is 1.00 bits per heavy atom. The first kappa shape index (κ1) is 22.2. The number of carbonyl (C=O) groups is 1. The second-order valence-corrected chi connectivity index (χ2v) is 9.19. The third kappa shape index (κ3) is 5.13. The molecule has 174 valence electrons. The van der Waals surface area contributed by atoms with Crippen LogP contribution in [0.2, 0.25) is 0 Å². The molecule has 0 unspecified atom stereocenters. The second kappa shape index (κ2) is 9.31. The van der Waals surface area contributed by atoms with Gasteiger partial charge in [0.15, 0.2) is 0 Å². The summed E-state index contributed by atoms with van der Waals surface area (Å²) in [5.74, 6) is 0.828. The van der Waals surface area contributed by atoms with Gasteiger partial charge in [0.25, 0.3) is 5.91 Å². The minimum absolute atomic E-state index is 0.0189. The van der Waals surface area contributed by atoms with Crippen LogP contribution in [0.5, 0.6) is 0 Å². The second-order valence-electron chi connectivity index (χ2n) is 9.19. The summed E-state index contributed by atoms with van der Waals surface area (Å²) in [5.41, 5.74) is 5.16. The minimum Gasteiger partial charge on any atom is -0.468 e. The Morgan fingerprint density at radius 3 is 2.47 bits per heavy atom. The SMILES string of the molecule is Cc1cc2oc(=O)cc(CN(Cc3ccc(C(=O)NC4CC4)cc3)Cc3ccco3)c2cc1C. The Morgan fingerprint density at radius 2 is 1.76 bits per heavy atom. The van der Waals surface area contributed by atoms with Crippen molar-refractivity contribution in [1.29, 1.82) is 0 Å². The van der Waals surface area contributed by atoms with Crippen molar-refractivity contribution in [1.82, 2.24) is 10.2 Å². The highest BCUT2D eigenvalue weighted by Gasteiger charge is 2.23. The molecular formula is C28H28N2O4. The first-order valence-corrected chi connectivity index (χ1v) is 11.6. The quantitative estimate of drug-likeness (QED) is 0.374. The Hall–Kier alpha value is -3.64. The fourth-order valence-corrected chi connectivity index (χ4v) is 4.16. The lowest BCUT2D eigenvalue weighted by Gasteiger charge is -2.22. The van der Waals surface area contributed by atoms with E-state index in [4.69, 9.17) is 8.83 Å². The van der Waals surface area contributed by atoms with Gasteiger partial charge in [0.2, 0.25) is 0 Å². The van der Waals surface area contributed by atoms with Crippen LogP contribution in [0, 0.1) is 13.8 Å². The summed E-state index contributed by atoms with van der Waals surface area (Å²) in [6.07, 6.45) is 3.80. The number of amides is 1. The van der Waals surface area contributed by atoms with Crippen LogP contribution in [0.15, 0.2) is 74.5 Å². The van der Waals surface area contributed by atoms with Crippen molar-refractivity contribution >= 4 is 16.9 Å². The average molecular weight is 457 g/mol. The van der Waals surface area contributed by atoms with Gasteiger partial charge in [-0.2, -0.15) is 0 Å². The van der Waals surface area contributed by atoms with Crippen LogP contribution in [0.1, 0.15) is 51.2 Å². The van der Waals surface area contributed by atoms with Crippen LogP contribution in [-0.4, -0.2) is 16.8 Å². The number of fused-ring (bicyclic) bond motifs is 1. The van der Waals surface area contributed by atoms with E-state index >= 15 is 0 Å². The van der Waals surface area contributed by atoms with E-state index in [2.05, 4.69) is 23.2 Å². The number of nitrogens with one attached hydrogen (secondary N) is 1. The molecule has 0 spiro atoms. The molecule has 4 aromatic rings. The van der Waals surface area contributed by atoms with Crippen LogP contribution < -0.4 is 10.9 Å². The molecule has 0 saturated heterocycles. The molecule has 34 heavy (non-hydrogen) atoms. The Kier molecular flexibility index (Phi) is 6.07. The molecule has 1 N–H and O–H groups in total. The Balaban J connectivity index is 1.41. The van der Waals surface area contributed by atoms with Crippen molar-refractivity contribution in [2.24, 2.45) is 0 Å². The molecule has 1 aliphatic rings. The molecule has 2 heterocycles. The number of furan rings is 1. The van der Waals surface area contributed by atoms with Crippen molar-refractivity contribution in [3.05, 3.63) is 105 Å². The summed E-state index contributed by atoms with van der Waals surface area (Å²) < 4.78 is 11.1. The van der Waals surface area contributed by atoms with E-state index in [1.54, 1.807) is 12.3 Å². The van der Waals surface area contributed by atoms with Gasteiger partial charge in [0.05, 0.1) is 12.8 Å². The lowest BCUT2D eigenvalue weighted by molar-refractivity contribution is 0.0951. The highest BCUT2D eigenvalue weighted by molar-refractivity contribution is 5.94. The van der Waals surface area contributed by atoms with E-state index < -0.39 is 0 Å². The van der Waals surface area contributed by atoms with Gasteiger partial charge in [-0.3, -0.25) is 9.69 Å². The summed E-state index contributed by atoms with van der Waals surface area (Å²) >= 11 is 0. The fourth-order valence-electron chi connectivity index (χ4n) is 4.16. The number of aryl methyl sites for hydroxylation is 2. The molecule has 0 atom stereocenters. The normalized spacial score (nSPS) is 13.5. The zero-order valence-electron chi connectivity index (χ0n) is 19.5. The van der Waals surface area contributed by atoms with Crippen LogP contribution in [0.25, 0.3) is 11.0 Å². The molecule has 0 aliphatic heterocycles. The number of hydrogen-bond acceptors (Lipinski definition) is 5. The van der Waals surface area contributed by atoms with Crippen molar-refractivity contribution < 1.29 is 13.6 Å². The van der Waals surface area contributed by atoms with Gasteiger partial charge in [-0.15, -0.1) is 0 Å². The van der Waals surface area contributed by atoms with Gasteiger partial charge in [-0.1, -0.05) is 12.1 Å². The average Bonchev–Trinajstić information content (AvgIpc) is 3.47. The van der Waals surface area contributed by atoms with E-state index in [0.29, 0.717) is 36.8 Å². The molecule has 2 aromatic carbocycles. The third-order valence-corrected chi connectivity index (χ3v) is 6.33. The van der Waals surface area contributed by atoms with Crippen LogP contribution >= 0.6 is 0 Å². The van der Waals surface area contributed by atoms with Crippen LogP contribution in [0.4, 0.5) is 0 Å². The van der Waals surface area contributed by atoms with E-state index in [0.717, 1.165) is 46.2 Å². The molecule has 0 radical (unpaired) electrons. The lowest BCUT2D eigenvalue weighted by Crippen LogP contribution is -2.25. The molecule has 1 amide bonds. The van der Waals surface area contributed by atoms with Gasteiger partial charge in [-0.05, 0) is 85.3 Å². The minimum atomic E-state index is -0.352. The first-order chi connectivity index (χ1) is 16.4. The smallest absolute Gasteiger partial charge is 0.336 e. The van der Waals surface area contributed by atoms with Gasteiger partial charge in [0, 0.05) is 36.1 Å². The number of rotatable bonds is 8. The molecule has 0 bridgehead atoms. The highest BCUT2D eigenvalue weighted by atomic mass is 16.4. The molecule has 1 aliphatic carbocycles. The van der Waals surface area contributed by atoms with Gasteiger partial charge < -0.3 is 14.2 Å². The third-order valence-electron chi connectivity index (χ3n) is 6.33. The number of carbonyl (C=O) groups excluding carboxylic acids is 1. The topological polar surface area (TPSA) is 75.7 Å². The molecule has 5 rings (SSSR count). The summed E-state index contributed by atoms with van der Waals surface area (Å²) in [6, 6.07) is 17.5. The van der Waals surface area contributed by atoms with E-state index in [1.807, 2.05) is 49.4 Å². The molecule has 1 saturated carbocycles. The van der Waals surface area contributed by atoms with Crippen molar-refractivity contribution in [2.75, 3.05) is 0 Å². The summed E-state index contributed by atoms with van der Waals surface area (Å²) in [6.45, 7) is 5.85. The first-order valence-electron chi connectivity index (χ1n) is 11.6. The Bertz CT molecular complexity index is 1370. The lowest BCUT2D eigenvalue weighted by atomic mass is 10.0. The molecular weight excluding hydrogens is 428 g/mol. The van der Waals surface area contributed by atoms with E-state index in [9.17, 15) is 9.59 Å². The van der Waals surface area contributed by atoms with Gasteiger partial charge >= 0.3 is 5.63 Å². The standard InChI is InChI=1S/C28H28N2O4/c1-18-12-25-22(14-27(31)34-26(25)13-19(18)2)16-30(17-24-4-3-11-33-24)15-20-5-7-21(8-6-20)28(32)29-23-9-10-23/h3-8,11-14,23H,9-10,15-17H2,1-2H3,(H,29,32).